The molecule has 0 saturated heterocycles. The van der Waals surface area contributed by atoms with Crippen molar-refractivity contribution in [3.63, 3.8) is 0 Å². The highest BCUT2D eigenvalue weighted by molar-refractivity contribution is 5.71. The van der Waals surface area contributed by atoms with Gasteiger partial charge in [-0.25, -0.2) is 13.8 Å². The van der Waals surface area contributed by atoms with Gasteiger partial charge in [-0.1, -0.05) is 40.3 Å². The summed E-state index contributed by atoms with van der Waals surface area (Å²) in [6, 6.07) is 1.06. The van der Waals surface area contributed by atoms with Crippen LogP contribution in [0.25, 0.3) is 5.70 Å². The lowest BCUT2D eigenvalue weighted by molar-refractivity contribution is 0.325. The number of hydrogen-bond donors (Lipinski definition) is 0. The summed E-state index contributed by atoms with van der Waals surface area (Å²) in [4.78, 5) is 6.66. The van der Waals surface area contributed by atoms with Crippen LogP contribution in [0, 0.1) is 18.6 Å². The molecule has 3 nitrogen and oxygen atoms in total. The Bertz CT molecular complexity index is 942. The van der Waals surface area contributed by atoms with Gasteiger partial charge in [0.15, 0.2) is 0 Å². The molecule has 4 rings (SSSR count). The van der Waals surface area contributed by atoms with Gasteiger partial charge in [-0.05, 0) is 43.4 Å². The second-order valence-electron chi connectivity index (χ2n) is 7.60. The van der Waals surface area contributed by atoms with Gasteiger partial charge >= 0.3 is 0 Å². The Morgan fingerprint density at radius 1 is 1.31 bits per heavy atom. The molecule has 0 bridgehead atoms. The van der Waals surface area contributed by atoms with Crippen molar-refractivity contribution in [1.29, 1.82) is 0 Å². The van der Waals surface area contributed by atoms with Gasteiger partial charge in [0.05, 0.1) is 18.1 Å². The molecule has 0 saturated carbocycles. The first-order chi connectivity index (χ1) is 13.9. The molecule has 29 heavy (non-hydrogen) atoms. The van der Waals surface area contributed by atoms with E-state index in [9.17, 15) is 8.78 Å². The van der Waals surface area contributed by atoms with E-state index in [-0.39, 0.29) is 24.2 Å². The molecule has 1 atom stereocenters. The molecular weight excluding hydrogens is 368 g/mol. The smallest absolute Gasteiger partial charge is 0.135 e. The maximum Gasteiger partial charge on any atom is 0.135 e. The van der Waals surface area contributed by atoms with Crippen molar-refractivity contribution < 1.29 is 8.78 Å². The van der Waals surface area contributed by atoms with Gasteiger partial charge in [0.2, 0.25) is 0 Å². The summed E-state index contributed by atoms with van der Waals surface area (Å²) in [5.41, 5.74) is 4.69. The highest BCUT2D eigenvalue weighted by Gasteiger charge is 2.37. The van der Waals surface area contributed by atoms with Crippen LogP contribution in [0.5, 0.6) is 0 Å². The molecule has 0 N–H and O–H groups in total. The molecule has 2 aliphatic rings. The fourth-order valence-electron chi connectivity index (χ4n) is 4.45. The zero-order valence-corrected chi connectivity index (χ0v) is 18.0. The maximum atomic E-state index is 14.8. The van der Waals surface area contributed by atoms with Crippen LogP contribution in [-0.4, -0.2) is 14.5 Å². The molecule has 1 aromatic heterocycles. The summed E-state index contributed by atoms with van der Waals surface area (Å²) < 4.78 is 31.5. The SMILES string of the molecule is C=C(CCC)C(c1ncn2c1CCC2)N1Cc2c(F)cc(C)c(F)c2C1=C.CC. The van der Waals surface area contributed by atoms with Gasteiger partial charge in [0.1, 0.15) is 11.6 Å². The largest absolute Gasteiger partial charge is 0.355 e. The molecule has 0 spiro atoms. The van der Waals surface area contributed by atoms with Crippen LogP contribution in [0.3, 0.4) is 0 Å². The molecule has 0 amide bonds. The molecule has 0 fully saturated rings. The molecule has 156 valence electrons. The highest BCUT2D eigenvalue weighted by atomic mass is 19.1. The van der Waals surface area contributed by atoms with E-state index in [1.807, 2.05) is 25.1 Å². The molecular formula is C24H31F2N3. The first-order valence-electron chi connectivity index (χ1n) is 10.6. The molecule has 2 aliphatic heterocycles. The van der Waals surface area contributed by atoms with E-state index in [1.54, 1.807) is 6.92 Å². The summed E-state index contributed by atoms with van der Waals surface area (Å²) in [5.74, 6) is -0.753. The summed E-state index contributed by atoms with van der Waals surface area (Å²) in [6.45, 7) is 17.4. The summed E-state index contributed by atoms with van der Waals surface area (Å²) >= 11 is 0. The highest BCUT2D eigenvalue weighted by Crippen LogP contribution is 2.45. The summed E-state index contributed by atoms with van der Waals surface area (Å²) in [6.07, 6.45) is 5.74. The van der Waals surface area contributed by atoms with E-state index in [1.165, 1.54) is 11.8 Å². The number of halogens is 2. The van der Waals surface area contributed by atoms with Crippen LogP contribution in [-0.2, 0) is 19.5 Å². The second kappa shape index (κ2) is 8.52. The first kappa shape index (κ1) is 21.3. The lowest BCUT2D eigenvalue weighted by Crippen LogP contribution is -2.25. The summed E-state index contributed by atoms with van der Waals surface area (Å²) in [5, 5.41) is 0. The molecule has 0 aliphatic carbocycles. The normalized spacial score (nSPS) is 15.7. The molecule has 3 heterocycles. The molecule has 1 unspecified atom stereocenters. The van der Waals surface area contributed by atoms with Crippen LogP contribution in [0.2, 0.25) is 0 Å². The lowest BCUT2D eigenvalue weighted by Gasteiger charge is -2.32. The predicted molar refractivity (Wildman–Crippen MR) is 114 cm³/mol. The topological polar surface area (TPSA) is 21.1 Å². The fourth-order valence-corrected chi connectivity index (χ4v) is 4.45. The maximum absolute atomic E-state index is 14.8. The van der Waals surface area contributed by atoms with Crippen molar-refractivity contribution >= 4 is 5.70 Å². The van der Waals surface area contributed by atoms with Crippen molar-refractivity contribution in [2.24, 2.45) is 0 Å². The van der Waals surface area contributed by atoms with Crippen molar-refractivity contribution in [2.75, 3.05) is 0 Å². The summed E-state index contributed by atoms with van der Waals surface area (Å²) in [7, 11) is 0. The Balaban J connectivity index is 0.00000117. The average Bonchev–Trinajstić information content (AvgIpc) is 3.39. The molecule has 5 heteroatoms. The Labute approximate surface area is 172 Å². The van der Waals surface area contributed by atoms with E-state index in [4.69, 9.17) is 0 Å². The van der Waals surface area contributed by atoms with Gasteiger partial charge < -0.3 is 9.47 Å². The zero-order valence-electron chi connectivity index (χ0n) is 18.0. The number of benzene rings is 1. The fraction of sp³-hybridized carbons (Fsp3) is 0.458. The standard InChI is InChI=1S/C22H25F2N3.C2H6/c1-5-7-13(2)22(21-18-8-6-9-26(18)12-25-21)27-11-16-17(23)10-14(3)20(24)19(16)15(27)4;1-2/h10,12,22H,2,4-9,11H2,1,3H3;1-2H3. The minimum Gasteiger partial charge on any atom is -0.355 e. The van der Waals surface area contributed by atoms with Gasteiger partial charge in [-0.3, -0.25) is 0 Å². The van der Waals surface area contributed by atoms with Gasteiger partial charge in [-0.15, -0.1) is 0 Å². The quantitative estimate of drug-likeness (QED) is 0.548. The third kappa shape index (κ3) is 3.52. The van der Waals surface area contributed by atoms with Crippen molar-refractivity contribution in [1.82, 2.24) is 14.5 Å². The van der Waals surface area contributed by atoms with Gasteiger partial charge in [0.25, 0.3) is 0 Å². The van der Waals surface area contributed by atoms with E-state index in [2.05, 4.69) is 29.6 Å². The Kier molecular flexibility index (Phi) is 6.25. The van der Waals surface area contributed by atoms with Crippen LogP contribution in [0.4, 0.5) is 8.78 Å². The number of aromatic nitrogens is 2. The molecule has 0 radical (unpaired) electrons. The Morgan fingerprint density at radius 2 is 2.03 bits per heavy atom. The number of fused-ring (bicyclic) bond motifs is 2. The van der Waals surface area contributed by atoms with Crippen LogP contribution >= 0.6 is 0 Å². The van der Waals surface area contributed by atoms with Crippen LogP contribution in [0.15, 0.2) is 31.1 Å². The van der Waals surface area contributed by atoms with Gasteiger partial charge in [-0.2, -0.15) is 0 Å². The number of hydrogen-bond acceptors (Lipinski definition) is 2. The zero-order chi connectivity index (χ0) is 21.3. The minimum atomic E-state index is -0.381. The van der Waals surface area contributed by atoms with E-state index in [0.717, 1.165) is 43.5 Å². The van der Waals surface area contributed by atoms with Crippen molar-refractivity contribution in [3.8, 4) is 0 Å². The van der Waals surface area contributed by atoms with Crippen LogP contribution < -0.4 is 0 Å². The second-order valence-corrected chi connectivity index (χ2v) is 7.60. The van der Waals surface area contributed by atoms with E-state index in [0.29, 0.717) is 22.4 Å². The van der Waals surface area contributed by atoms with E-state index < -0.39 is 0 Å². The predicted octanol–water partition coefficient (Wildman–Crippen LogP) is 6.33. The third-order valence-electron chi connectivity index (χ3n) is 5.78. The molecule has 2 aromatic rings. The number of imidazole rings is 1. The minimum absolute atomic E-state index is 0.210. The lowest BCUT2D eigenvalue weighted by atomic mass is 9.97. The van der Waals surface area contributed by atoms with Crippen LogP contribution in [0.1, 0.15) is 74.2 Å². The number of nitrogens with zero attached hydrogens (tertiary/aromatic N) is 3. The number of rotatable bonds is 5. The average molecular weight is 400 g/mol. The molecule has 1 aromatic carbocycles. The Morgan fingerprint density at radius 3 is 2.72 bits per heavy atom. The van der Waals surface area contributed by atoms with Crippen molar-refractivity contribution in [3.05, 3.63) is 70.8 Å². The van der Waals surface area contributed by atoms with Crippen molar-refractivity contribution in [2.45, 2.75) is 72.5 Å². The Hall–Kier alpha value is -2.43. The third-order valence-corrected chi connectivity index (χ3v) is 5.78. The van der Waals surface area contributed by atoms with Gasteiger partial charge in [0, 0.05) is 35.6 Å². The number of aryl methyl sites for hydroxylation is 2. The first-order valence-corrected chi connectivity index (χ1v) is 10.6. The monoisotopic (exact) mass is 399 g/mol. The van der Waals surface area contributed by atoms with E-state index >= 15 is 0 Å².